The fourth-order valence-electron chi connectivity index (χ4n) is 2.44. The predicted molar refractivity (Wildman–Crippen MR) is 57.0 cm³/mol. The molecular weight excluding hydrogens is 176 g/mol. The van der Waals surface area contributed by atoms with E-state index in [1.807, 2.05) is 0 Å². The summed E-state index contributed by atoms with van der Waals surface area (Å²) in [6.45, 7) is 0.942. The van der Waals surface area contributed by atoms with Crippen molar-refractivity contribution in [2.24, 2.45) is 5.73 Å². The Kier molecular flexibility index (Phi) is 3.79. The van der Waals surface area contributed by atoms with Crippen LogP contribution in [0.15, 0.2) is 0 Å². The number of nitrogens with two attached hydrogens (primary N) is 1. The van der Waals surface area contributed by atoms with Gasteiger partial charge in [-0.15, -0.1) is 0 Å². The Morgan fingerprint density at radius 3 is 2.36 bits per heavy atom. The van der Waals surface area contributed by atoms with Gasteiger partial charge in [0.15, 0.2) is 0 Å². The van der Waals surface area contributed by atoms with Gasteiger partial charge < -0.3 is 10.5 Å². The molecule has 14 heavy (non-hydrogen) atoms. The van der Waals surface area contributed by atoms with Gasteiger partial charge in [0.1, 0.15) is 0 Å². The third-order valence-corrected chi connectivity index (χ3v) is 3.34. The highest BCUT2D eigenvalue weighted by molar-refractivity contribution is 4.76. The number of piperidine rings is 1. The van der Waals surface area contributed by atoms with Gasteiger partial charge in [-0.3, -0.25) is 5.32 Å². The van der Waals surface area contributed by atoms with Crippen molar-refractivity contribution < 1.29 is 4.74 Å². The van der Waals surface area contributed by atoms with Gasteiger partial charge in [0.05, 0.1) is 18.4 Å². The van der Waals surface area contributed by atoms with Gasteiger partial charge in [-0.25, -0.2) is 0 Å². The second-order valence-electron chi connectivity index (χ2n) is 4.61. The first-order valence-electron chi connectivity index (χ1n) is 5.99. The average Bonchev–Trinajstić information content (AvgIpc) is 2.23. The SMILES string of the molecule is NC1CCC(OC2CCCCC2)CN1. The predicted octanol–water partition coefficient (Wildman–Crippen LogP) is 1.37. The lowest BCUT2D eigenvalue weighted by molar-refractivity contribution is -0.0427. The summed E-state index contributed by atoms with van der Waals surface area (Å²) >= 11 is 0. The highest BCUT2D eigenvalue weighted by atomic mass is 16.5. The summed E-state index contributed by atoms with van der Waals surface area (Å²) in [4.78, 5) is 0. The van der Waals surface area contributed by atoms with Crippen molar-refractivity contribution in [2.75, 3.05) is 6.54 Å². The summed E-state index contributed by atoms with van der Waals surface area (Å²) in [5.41, 5.74) is 5.76. The summed E-state index contributed by atoms with van der Waals surface area (Å²) in [5.74, 6) is 0. The molecule has 0 aromatic heterocycles. The maximum absolute atomic E-state index is 6.06. The zero-order valence-corrected chi connectivity index (χ0v) is 8.87. The molecule has 2 atom stereocenters. The molecule has 3 N–H and O–H groups in total. The summed E-state index contributed by atoms with van der Waals surface area (Å²) in [5, 5.41) is 3.27. The van der Waals surface area contributed by atoms with Gasteiger partial charge in [-0.05, 0) is 25.7 Å². The minimum atomic E-state index is 0.196. The van der Waals surface area contributed by atoms with Crippen LogP contribution in [0.1, 0.15) is 44.9 Å². The van der Waals surface area contributed by atoms with E-state index in [2.05, 4.69) is 5.32 Å². The Balaban J connectivity index is 1.68. The first-order chi connectivity index (χ1) is 6.84. The van der Waals surface area contributed by atoms with Crippen LogP contribution in [0.4, 0.5) is 0 Å². The number of rotatable bonds is 2. The Morgan fingerprint density at radius 2 is 1.71 bits per heavy atom. The molecule has 0 aromatic rings. The van der Waals surface area contributed by atoms with Crippen LogP contribution in [0.3, 0.4) is 0 Å². The van der Waals surface area contributed by atoms with E-state index in [1.165, 1.54) is 32.1 Å². The zero-order valence-electron chi connectivity index (χ0n) is 8.87. The summed E-state index contributed by atoms with van der Waals surface area (Å²) in [6, 6.07) is 0. The fraction of sp³-hybridized carbons (Fsp3) is 1.00. The molecule has 1 aliphatic heterocycles. The van der Waals surface area contributed by atoms with Crippen molar-refractivity contribution in [3.8, 4) is 0 Å². The van der Waals surface area contributed by atoms with Crippen molar-refractivity contribution in [3.05, 3.63) is 0 Å². The number of hydrogen-bond donors (Lipinski definition) is 2. The Labute approximate surface area is 86.4 Å². The van der Waals surface area contributed by atoms with Crippen LogP contribution in [0.2, 0.25) is 0 Å². The first-order valence-corrected chi connectivity index (χ1v) is 5.99. The smallest absolute Gasteiger partial charge is 0.0704 e. The topological polar surface area (TPSA) is 47.3 Å². The van der Waals surface area contributed by atoms with Crippen molar-refractivity contribution in [1.82, 2.24) is 5.32 Å². The minimum absolute atomic E-state index is 0.196. The molecule has 2 rings (SSSR count). The molecule has 2 fully saturated rings. The quantitative estimate of drug-likeness (QED) is 0.704. The summed E-state index contributed by atoms with van der Waals surface area (Å²) in [6.07, 6.45) is 9.96. The van der Waals surface area contributed by atoms with Crippen molar-refractivity contribution in [2.45, 2.75) is 63.3 Å². The first kappa shape index (κ1) is 10.4. The molecule has 82 valence electrons. The van der Waals surface area contributed by atoms with Crippen molar-refractivity contribution >= 4 is 0 Å². The van der Waals surface area contributed by atoms with E-state index in [-0.39, 0.29) is 6.17 Å². The van der Waals surface area contributed by atoms with Crippen LogP contribution in [0, 0.1) is 0 Å². The normalized spacial score (nSPS) is 35.8. The van der Waals surface area contributed by atoms with E-state index in [4.69, 9.17) is 10.5 Å². The highest BCUT2D eigenvalue weighted by Crippen LogP contribution is 2.23. The number of ether oxygens (including phenoxy) is 1. The molecule has 1 saturated heterocycles. The van der Waals surface area contributed by atoms with Crippen LogP contribution >= 0.6 is 0 Å². The van der Waals surface area contributed by atoms with Gasteiger partial charge in [0, 0.05) is 6.54 Å². The second kappa shape index (κ2) is 5.10. The molecule has 1 heterocycles. The molecule has 1 saturated carbocycles. The molecule has 0 aromatic carbocycles. The van der Waals surface area contributed by atoms with Crippen LogP contribution in [-0.4, -0.2) is 24.9 Å². The van der Waals surface area contributed by atoms with E-state index < -0.39 is 0 Å². The van der Waals surface area contributed by atoms with Gasteiger partial charge >= 0.3 is 0 Å². The Bertz CT molecular complexity index is 161. The molecule has 0 amide bonds. The zero-order chi connectivity index (χ0) is 9.80. The monoisotopic (exact) mass is 198 g/mol. The van der Waals surface area contributed by atoms with Crippen molar-refractivity contribution in [3.63, 3.8) is 0 Å². The maximum atomic E-state index is 6.06. The van der Waals surface area contributed by atoms with Crippen molar-refractivity contribution in [1.29, 1.82) is 0 Å². The van der Waals surface area contributed by atoms with Gasteiger partial charge in [0.2, 0.25) is 0 Å². The van der Waals surface area contributed by atoms with Crippen LogP contribution in [0.25, 0.3) is 0 Å². The fourth-order valence-corrected chi connectivity index (χ4v) is 2.44. The summed E-state index contributed by atoms with van der Waals surface area (Å²) in [7, 11) is 0. The molecule has 2 aliphatic rings. The third kappa shape index (κ3) is 2.94. The van der Waals surface area contributed by atoms with Gasteiger partial charge in [-0.2, -0.15) is 0 Å². The van der Waals surface area contributed by atoms with Crippen LogP contribution < -0.4 is 11.1 Å². The lowest BCUT2D eigenvalue weighted by Gasteiger charge is -2.32. The minimum Gasteiger partial charge on any atom is -0.374 e. The van der Waals surface area contributed by atoms with Gasteiger partial charge in [0.25, 0.3) is 0 Å². The third-order valence-electron chi connectivity index (χ3n) is 3.34. The van der Waals surface area contributed by atoms with E-state index in [0.29, 0.717) is 12.2 Å². The second-order valence-corrected chi connectivity index (χ2v) is 4.61. The number of hydrogen-bond acceptors (Lipinski definition) is 3. The molecule has 0 bridgehead atoms. The Hall–Kier alpha value is -0.120. The maximum Gasteiger partial charge on any atom is 0.0704 e. The van der Waals surface area contributed by atoms with Crippen LogP contribution in [0.5, 0.6) is 0 Å². The largest absolute Gasteiger partial charge is 0.374 e. The average molecular weight is 198 g/mol. The summed E-state index contributed by atoms with van der Waals surface area (Å²) < 4.78 is 6.06. The van der Waals surface area contributed by atoms with E-state index in [9.17, 15) is 0 Å². The highest BCUT2D eigenvalue weighted by Gasteiger charge is 2.22. The molecule has 1 aliphatic carbocycles. The molecule has 0 radical (unpaired) electrons. The Morgan fingerprint density at radius 1 is 0.929 bits per heavy atom. The van der Waals surface area contributed by atoms with Gasteiger partial charge in [-0.1, -0.05) is 19.3 Å². The lowest BCUT2D eigenvalue weighted by atomic mass is 9.97. The molecule has 3 nitrogen and oxygen atoms in total. The van der Waals surface area contributed by atoms with E-state index >= 15 is 0 Å². The molecule has 0 spiro atoms. The van der Waals surface area contributed by atoms with E-state index in [1.54, 1.807) is 0 Å². The molecule has 2 unspecified atom stereocenters. The molecular formula is C11H22N2O. The molecule has 3 heteroatoms. The number of nitrogens with one attached hydrogen (secondary N) is 1. The van der Waals surface area contributed by atoms with Crippen LogP contribution in [-0.2, 0) is 4.74 Å². The standard InChI is InChI=1S/C11H22N2O/c12-11-7-6-10(8-13-11)14-9-4-2-1-3-5-9/h9-11,13H,1-8,12H2. The lowest BCUT2D eigenvalue weighted by Crippen LogP contribution is -2.48. The van der Waals surface area contributed by atoms with E-state index in [0.717, 1.165) is 19.4 Å².